The number of anilines is 2. The summed E-state index contributed by atoms with van der Waals surface area (Å²) in [5.74, 6) is -1.24. The smallest absolute Gasteiger partial charge is 0.266 e. The first-order valence-corrected chi connectivity index (χ1v) is 14.3. The third-order valence-corrected chi connectivity index (χ3v) is 7.89. The molecule has 5 rings (SSSR count). The summed E-state index contributed by atoms with van der Waals surface area (Å²) < 4.78 is 35.3. The normalized spacial score (nSPS) is 14.4. The highest BCUT2D eigenvalue weighted by molar-refractivity contribution is 6.07. The molecule has 0 saturated carbocycles. The van der Waals surface area contributed by atoms with E-state index in [0.29, 0.717) is 52.6 Å². The monoisotopic (exact) mass is 573 g/mol. The van der Waals surface area contributed by atoms with Crippen LogP contribution in [-0.4, -0.2) is 48.6 Å². The maximum Gasteiger partial charge on any atom is 0.266 e. The number of rotatable bonds is 8. The van der Waals surface area contributed by atoms with Crippen LogP contribution in [0.2, 0.25) is 0 Å². The minimum Gasteiger partial charge on any atom is -0.386 e. The fraction of sp³-hybridized carbons (Fsp3) is 0.364. The summed E-state index contributed by atoms with van der Waals surface area (Å²) >= 11 is 0. The predicted molar refractivity (Wildman–Crippen MR) is 165 cm³/mol. The molecular weight excluding hydrogens is 536 g/mol. The van der Waals surface area contributed by atoms with Gasteiger partial charge in [0.05, 0.1) is 35.5 Å². The molecule has 220 valence electrons. The second-order valence-electron chi connectivity index (χ2n) is 11.3. The zero-order valence-electron chi connectivity index (χ0n) is 24.7. The molecule has 4 aromatic rings. The topological polar surface area (TPSA) is 83.2 Å². The summed E-state index contributed by atoms with van der Waals surface area (Å²) in [5, 5.41) is 12.5. The minimum atomic E-state index is -0.649. The van der Waals surface area contributed by atoms with E-state index in [4.69, 9.17) is 15.1 Å². The van der Waals surface area contributed by atoms with Gasteiger partial charge in [0.25, 0.3) is 5.56 Å². The van der Waals surface area contributed by atoms with Crippen molar-refractivity contribution in [1.29, 1.82) is 5.41 Å². The van der Waals surface area contributed by atoms with Gasteiger partial charge in [-0.05, 0) is 66.8 Å². The van der Waals surface area contributed by atoms with Gasteiger partial charge in [-0.1, -0.05) is 26.8 Å². The Hall–Kier alpha value is -4.11. The minimum absolute atomic E-state index is 0.0302. The molecule has 0 radical (unpaired) electrons. The number of hydrogen-bond donors (Lipinski definition) is 2. The number of aromatic nitrogens is 2. The zero-order chi connectivity index (χ0) is 30.1. The van der Waals surface area contributed by atoms with Gasteiger partial charge < -0.3 is 20.4 Å². The summed E-state index contributed by atoms with van der Waals surface area (Å²) in [6, 6.07) is 12.9. The van der Waals surface area contributed by atoms with Gasteiger partial charge in [0, 0.05) is 49.1 Å². The largest absolute Gasteiger partial charge is 0.386 e. The van der Waals surface area contributed by atoms with E-state index in [1.54, 1.807) is 11.6 Å². The summed E-state index contributed by atoms with van der Waals surface area (Å²) in [6.45, 7) is 10.6. The average Bonchev–Trinajstić information content (AvgIpc) is 2.96. The van der Waals surface area contributed by atoms with Gasteiger partial charge >= 0.3 is 0 Å². The molecule has 0 amide bonds. The molecule has 1 aromatic heterocycles. The van der Waals surface area contributed by atoms with Crippen molar-refractivity contribution in [2.45, 2.75) is 40.0 Å². The molecule has 9 heteroatoms. The van der Waals surface area contributed by atoms with Gasteiger partial charge in [0.1, 0.15) is 17.5 Å². The average molecular weight is 574 g/mol. The van der Waals surface area contributed by atoms with Crippen molar-refractivity contribution < 1.29 is 13.5 Å². The summed E-state index contributed by atoms with van der Waals surface area (Å²) in [5.41, 5.74) is 5.10. The highest BCUT2D eigenvalue weighted by Gasteiger charge is 2.24. The Balaban J connectivity index is 1.75. The molecule has 2 heterocycles. The Morgan fingerprint density at radius 3 is 2.38 bits per heavy atom. The summed E-state index contributed by atoms with van der Waals surface area (Å²) in [4.78, 5) is 21.6. The Bertz CT molecular complexity index is 1690. The van der Waals surface area contributed by atoms with E-state index in [1.165, 1.54) is 12.1 Å². The van der Waals surface area contributed by atoms with Crippen molar-refractivity contribution in [2.24, 2.45) is 5.92 Å². The van der Waals surface area contributed by atoms with E-state index in [1.807, 2.05) is 58.0 Å². The molecule has 1 atom stereocenters. The van der Waals surface area contributed by atoms with Crippen molar-refractivity contribution in [3.05, 3.63) is 93.0 Å². The highest BCUT2D eigenvalue weighted by atomic mass is 19.1. The van der Waals surface area contributed by atoms with Crippen LogP contribution in [0, 0.1) is 29.9 Å². The third kappa shape index (κ3) is 5.66. The molecule has 3 aromatic carbocycles. The number of benzene rings is 3. The number of ether oxygens (including phenoxy) is 1. The lowest BCUT2D eigenvalue weighted by atomic mass is 9.93. The molecule has 7 nitrogen and oxygen atoms in total. The van der Waals surface area contributed by atoms with Gasteiger partial charge in [-0.25, -0.2) is 13.8 Å². The van der Waals surface area contributed by atoms with Crippen LogP contribution in [0.1, 0.15) is 49.2 Å². The predicted octanol–water partition coefficient (Wildman–Crippen LogP) is 6.22. The number of hydrogen-bond acceptors (Lipinski definition) is 6. The van der Waals surface area contributed by atoms with Crippen LogP contribution in [0.3, 0.4) is 0 Å². The molecule has 42 heavy (non-hydrogen) atoms. The lowest BCUT2D eigenvalue weighted by Gasteiger charge is -2.29. The van der Waals surface area contributed by atoms with E-state index >= 15 is 0 Å². The van der Waals surface area contributed by atoms with Gasteiger partial charge in [-0.15, -0.1) is 0 Å². The number of nitrogens with zero attached hydrogens (tertiary/aromatic N) is 3. The van der Waals surface area contributed by atoms with Gasteiger partial charge in [0.2, 0.25) is 0 Å². The number of nitrogens with one attached hydrogen (secondary N) is 2. The van der Waals surface area contributed by atoms with Crippen molar-refractivity contribution >= 4 is 28.0 Å². The first-order valence-electron chi connectivity index (χ1n) is 14.3. The van der Waals surface area contributed by atoms with Crippen LogP contribution >= 0.6 is 0 Å². The first kappa shape index (κ1) is 29.4. The SMILES string of the molecule is CNc1c(-n2c([C@@H](C)Cc3cc(F)cc(F)c3)nc3cc(N4CCOCC4)ccc3c2=O)ccc(C)c1C(=N)C(C)C. The van der Waals surface area contributed by atoms with Crippen molar-refractivity contribution in [3.8, 4) is 5.69 Å². The molecule has 1 aliphatic rings. The van der Waals surface area contributed by atoms with E-state index in [2.05, 4.69) is 10.2 Å². The van der Waals surface area contributed by atoms with E-state index in [0.717, 1.165) is 36.0 Å². The van der Waals surface area contributed by atoms with Crippen LogP contribution < -0.4 is 15.8 Å². The molecule has 0 unspecified atom stereocenters. The molecular formula is C33H37F2N5O2. The van der Waals surface area contributed by atoms with Gasteiger partial charge in [-0.3, -0.25) is 9.36 Å². The number of fused-ring (bicyclic) bond motifs is 1. The maximum atomic E-state index is 14.4. The molecule has 0 spiro atoms. The van der Waals surface area contributed by atoms with Crippen LogP contribution in [-0.2, 0) is 11.2 Å². The summed E-state index contributed by atoms with van der Waals surface area (Å²) in [6.07, 6.45) is 0.269. The Morgan fingerprint density at radius 2 is 1.74 bits per heavy atom. The van der Waals surface area contributed by atoms with Crippen LogP contribution in [0.5, 0.6) is 0 Å². The molecule has 1 aliphatic heterocycles. The number of morpholine rings is 1. The summed E-state index contributed by atoms with van der Waals surface area (Å²) in [7, 11) is 1.78. The lowest BCUT2D eigenvalue weighted by molar-refractivity contribution is 0.122. The zero-order valence-corrected chi connectivity index (χ0v) is 24.7. The Labute approximate surface area is 244 Å². The van der Waals surface area contributed by atoms with E-state index < -0.39 is 11.6 Å². The number of halogens is 2. The maximum absolute atomic E-state index is 14.4. The first-order chi connectivity index (χ1) is 20.1. The number of aryl methyl sites for hydroxylation is 1. The van der Waals surface area contributed by atoms with E-state index in [9.17, 15) is 13.6 Å². The second kappa shape index (κ2) is 12.0. The third-order valence-electron chi connectivity index (χ3n) is 7.89. The molecule has 0 bridgehead atoms. The highest BCUT2D eigenvalue weighted by Crippen LogP contribution is 2.33. The fourth-order valence-electron chi connectivity index (χ4n) is 5.72. The van der Waals surface area contributed by atoms with Crippen LogP contribution in [0.4, 0.5) is 20.2 Å². The standard InChI is InChI=1S/C33H37F2N5O2/c1-19(2)30(36)29-20(3)6-9-28(31(29)37-5)40-32(21(4)14-22-15-23(34)17-24(35)16-22)38-27-18-25(7-8-26(27)33(40)41)39-10-12-42-13-11-39/h6-9,15-19,21,36-37H,10-14H2,1-5H3/t21-/m0/s1. The van der Waals surface area contributed by atoms with Gasteiger partial charge in [0.15, 0.2) is 0 Å². The van der Waals surface area contributed by atoms with Crippen molar-refractivity contribution in [3.63, 3.8) is 0 Å². The Kier molecular flexibility index (Phi) is 8.41. The molecule has 1 fully saturated rings. The van der Waals surface area contributed by atoms with Crippen LogP contribution in [0.15, 0.2) is 53.3 Å². The fourth-order valence-corrected chi connectivity index (χ4v) is 5.72. The Morgan fingerprint density at radius 1 is 1.05 bits per heavy atom. The second-order valence-corrected chi connectivity index (χ2v) is 11.3. The quantitative estimate of drug-likeness (QED) is 0.245. The van der Waals surface area contributed by atoms with Crippen molar-refractivity contribution in [1.82, 2.24) is 9.55 Å². The molecule has 0 aliphatic carbocycles. The van der Waals surface area contributed by atoms with Crippen molar-refractivity contribution in [2.75, 3.05) is 43.6 Å². The lowest BCUT2D eigenvalue weighted by Crippen LogP contribution is -2.36. The van der Waals surface area contributed by atoms with Gasteiger partial charge in [-0.2, -0.15) is 0 Å². The van der Waals surface area contributed by atoms with E-state index in [-0.39, 0.29) is 23.8 Å². The molecule has 1 saturated heterocycles. The molecule has 2 N–H and O–H groups in total. The van der Waals surface area contributed by atoms with Crippen LogP contribution in [0.25, 0.3) is 16.6 Å².